The van der Waals surface area contributed by atoms with Crippen LogP contribution in [0.2, 0.25) is 0 Å². The normalized spacial score (nSPS) is 10.3. The Balaban J connectivity index is 2.02. The molecule has 0 aliphatic heterocycles. The van der Waals surface area contributed by atoms with Crippen molar-refractivity contribution in [2.24, 2.45) is 0 Å². The van der Waals surface area contributed by atoms with E-state index in [0.29, 0.717) is 11.6 Å². The molecule has 18 heavy (non-hydrogen) atoms. The fraction of sp³-hybridized carbons (Fsp3) is 0.167. The van der Waals surface area contributed by atoms with Crippen LogP contribution in [0, 0.1) is 0 Å². The molecule has 3 N–H and O–H groups in total. The van der Waals surface area contributed by atoms with Crippen LogP contribution in [-0.4, -0.2) is 10.9 Å². The summed E-state index contributed by atoms with van der Waals surface area (Å²) in [5.74, 6) is -0.0200. The number of nitrogens with zero attached hydrogens (tertiary/aromatic N) is 1. The predicted molar refractivity (Wildman–Crippen MR) is 76.0 cm³/mol. The van der Waals surface area contributed by atoms with E-state index in [1.54, 1.807) is 18.0 Å². The van der Waals surface area contributed by atoms with Crippen molar-refractivity contribution in [3.63, 3.8) is 0 Å². The summed E-state index contributed by atoms with van der Waals surface area (Å²) in [7, 11) is 0. The lowest BCUT2D eigenvalue weighted by molar-refractivity contribution is -0.115. The van der Waals surface area contributed by atoms with Gasteiger partial charge in [0.15, 0.2) is 5.13 Å². The van der Waals surface area contributed by atoms with E-state index in [0.717, 1.165) is 14.8 Å². The molecule has 6 heteroatoms. The lowest BCUT2D eigenvalue weighted by atomic mass is 10.3. The Morgan fingerprint density at radius 1 is 1.44 bits per heavy atom. The third kappa shape index (κ3) is 3.48. The number of carbonyl (C=O) groups excluding carboxylic acids is 1. The first-order valence-corrected chi connectivity index (χ1v) is 7.09. The number of rotatable bonds is 4. The van der Waals surface area contributed by atoms with Gasteiger partial charge in [-0.25, -0.2) is 4.98 Å². The Bertz CT molecular complexity index is 537. The fourth-order valence-electron chi connectivity index (χ4n) is 1.22. The summed E-state index contributed by atoms with van der Waals surface area (Å²) >= 11 is 3.07. The maximum atomic E-state index is 11.2. The molecule has 0 saturated heterocycles. The second-order valence-corrected chi connectivity index (χ2v) is 5.96. The van der Waals surface area contributed by atoms with Crippen LogP contribution in [0.5, 0.6) is 0 Å². The second kappa shape index (κ2) is 5.88. The summed E-state index contributed by atoms with van der Waals surface area (Å²) in [5, 5.41) is 3.38. The largest absolute Gasteiger partial charge is 0.399 e. The van der Waals surface area contributed by atoms with Crippen molar-refractivity contribution >= 4 is 39.8 Å². The standard InChI is InChI=1S/C12H13N3OS2/c1-2-10(16)15-12-14-7-11(18-12)17-9-5-3-8(13)4-6-9/h3-7H,2,13H2,1H3,(H,14,15,16). The molecule has 1 heterocycles. The van der Waals surface area contributed by atoms with Gasteiger partial charge in [-0.15, -0.1) is 0 Å². The average molecular weight is 279 g/mol. The zero-order chi connectivity index (χ0) is 13.0. The first-order chi connectivity index (χ1) is 8.67. The number of anilines is 2. The van der Waals surface area contributed by atoms with Crippen molar-refractivity contribution in [1.29, 1.82) is 0 Å². The van der Waals surface area contributed by atoms with Crippen molar-refractivity contribution in [2.45, 2.75) is 22.4 Å². The molecule has 0 saturated carbocycles. The van der Waals surface area contributed by atoms with Crippen molar-refractivity contribution in [1.82, 2.24) is 4.98 Å². The Kier molecular flexibility index (Phi) is 4.22. The highest BCUT2D eigenvalue weighted by molar-refractivity contribution is 8.01. The first kappa shape index (κ1) is 12.9. The number of hydrogen-bond donors (Lipinski definition) is 2. The molecule has 0 spiro atoms. The molecule has 1 aromatic heterocycles. The molecule has 2 aromatic rings. The van der Waals surface area contributed by atoms with Crippen molar-refractivity contribution in [2.75, 3.05) is 11.1 Å². The number of nitrogen functional groups attached to an aromatic ring is 1. The van der Waals surface area contributed by atoms with Gasteiger partial charge in [-0.3, -0.25) is 4.79 Å². The molecule has 1 amide bonds. The molecule has 0 atom stereocenters. The maximum Gasteiger partial charge on any atom is 0.225 e. The van der Waals surface area contributed by atoms with Crippen LogP contribution in [0.4, 0.5) is 10.8 Å². The summed E-state index contributed by atoms with van der Waals surface area (Å²) in [6.07, 6.45) is 2.22. The van der Waals surface area contributed by atoms with Crippen LogP contribution >= 0.6 is 23.1 Å². The monoisotopic (exact) mass is 279 g/mol. The summed E-state index contributed by atoms with van der Waals surface area (Å²) in [5.41, 5.74) is 6.38. The lowest BCUT2D eigenvalue weighted by Gasteiger charge is -1.98. The van der Waals surface area contributed by atoms with Crippen LogP contribution < -0.4 is 11.1 Å². The van der Waals surface area contributed by atoms with Crippen molar-refractivity contribution < 1.29 is 4.79 Å². The van der Waals surface area contributed by atoms with Crippen LogP contribution in [-0.2, 0) is 4.79 Å². The first-order valence-electron chi connectivity index (χ1n) is 5.46. The highest BCUT2D eigenvalue weighted by Crippen LogP contribution is 2.34. The van der Waals surface area contributed by atoms with E-state index in [1.165, 1.54) is 11.3 Å². The summed E-state index contributed by atoms with van der Waals surface area (Å²) in [4.78, 5) is 16.5. The van der Waals surface area contributed by atoms with E-state index < -0.39 is 0 Å². The second-order valence-electron chi connectivity index (χ2n) is 3.56. The highest BCUT2D eigenvalue weighted by atomic mass is 32.2. The van der Waals surface area contributed by atoms with E-state index in [4.69, 9.17) is 5.73 Å². The minimum Gasteiger partial charge on any atom is -0.399 e. The molecule has 4 nitrogen and oxygen atoms in total. The predicted octanol–water partition coefficient (Wildman–Crippen LogP) is 3.23. The number of thiazole rings is 1. The summed E-state index contributed by atoms with van der Waals surface area (Å²) in [6, 6.07) is 7.65. The number of nitrogens with one attached hydrogen (secondary N) is 1. The molecule has 0 fully saturated rings. The third-order valence-corrected chi connectivity index (χ3v) is 4.17. The molecule has 0 aliphatic rings. The molecule has 0 unspecified atom stereocenters. The van der Waals surface area contributed by atoms with E-state index in [2.05, 4.69) is 10.3 Å². The summed E-state index contributed by atoms with van der Waals surface area (Å²) in [6.45, 7) is 1.81. The van der Waals surface area contributed by atoms with Gasteiger partial charge in [0, 0.05) is 17.0 Å². The van der Waals surface area contributed by atoms with E-state index >= 15 is 0 Å². The number of aromatic nitrogens is 1. The third-order valence-electron chi connectivity index (χ3n) is 2.15. The molecule has 1 aromatic carbocycles. The van der Waals surface area contributed by atoms with Crippen LogP contribution in [0.25, 0.3) is 0 Å². The Hall–Kier alpha value is -1.53. The van der Waals surface area contributed by atoms with Crippen molar-refractivity contribution in [3.8, 4) is 0 Å². The number of amides is 1. The summed E-state index contributed by atoms with van der Waals surface area (Å²) < 4.78 is 1.03. The molecular weight excluding hydrogens is 266 g/mol. The van der Waals surface area contributed by atoms with Gasteiger partial charge in [-0.2, -0.15) is 0 Å². The Morgan fingerprint density at radius 2 is 2.17 bits per heavy atom. The number of nitrogens with two attached hydrogens (primary N) is 1. The average Bonchev–Trinajstić information content (AvgIpc) is 2.79. The zero-order valence-corrected chi connectivity index (χ0v) is 11.5. The fourth-order valence-corrected chi connectivity index (χ4v) is 3.09. The van der Waals surface area contributed by atoms with Gasteiger partial charge in [0.05, 0.1) is 10.4 Å². The van der Waals surface area contributed by atoms with Gasteiger partial charge in [0.2, 0.25) is 5.91 Å². The minimum atomic E-state index is -0.0200. The number of hydrogen-bond acceptors (Lipinski definition) is 5. The topological polar surface area (TPSA) is 68.0 Å². The molecule has 2 rings (SSSR count). The lowest BCUT2D eigenvalue weighted by Crippen LogP contribution is -2.08. The van der Waals surface area contributed by atoms with E-state index in [9.17, 15) is 4.79 Å². The van der Waals surface area contributed by atoms with Crippen LogP contribution in [0.15, 0.2) is 39.6 Å². The molecule has 0 bridgehead atoms. The van der Waals surface area contributed by atoms with Gasteiger partial charge in [-0.1, -0.05) is 30.0 Å². The van der Waals surface area contributed by atoms with Crippen LogP contribution in [0.1, 0.15) is 13.3 Å². The molecule has 94 valence electrons. The van der Waals surface area contributed by atoms with Gasteiger partial charge >= 0.3 is 0 Å². The van der Waals surface area contributed by atoms with Gasteiger partial charge < -0.3 is 11.1 Å². The molecule has 0 radical (unpaired) electrons. The number of benzene rings is 1. The maximum absolute atomic E-state index is 11.2. The van der Waals surface area contributed by atoms with Crippen LogP contribution in [0.3, 0.4) is 0 Å². The number of carbonyl (C=O) groups is 1. The quantitative estimate of drug-likeness (QED) is 0.843. The smallest absolute Gasteiger partial charge is 0.225 e. The minimum absolute atomic E-state index is 0.0200. The van der Waals surface area contributed by atoms with E-state index in [-0.39, 0.29) is 5.91 Å². The highest BCUT2D eigenvalue weighted by Gasteiger charge is 2.06. The zero-order valence-electron chi connectivity index (χ0n) is 9.84. The Labute approximate surface area is 114 Å². The molecule has 0 aliphatic carbocycles. The van der Waals surface area contributed by atoms with E-state index in [1.807, 2.05) is 31.2 Å². The molecular formula is C12H13N3OS2. The van der Waals surface area contributed by atoms with Gasteiger partial charge in [0.1, 0.15) is 0 Å². The SMILES string of the molecule is CCC(=O)Nc1ncc(Sc2ccc(N)cc2)s1. The van der Waals surface area contributed by atoms with Gasteiger partial charge in [0.25, 0.3) is 0 Å². The Morgan fingerprint density at radius 3 is 2.83 bits per heavy atom. The van der Waals surface area contributed by atoms with Gasteiger partial charge in [-0.05, 0) is 24.3 Å². The van der Waals surface area contributed by atoms with Crippen molar-refractivity contribution in [3.05, 3.63) is 30.5 Å².